The van der Waals surface area contributed by atoms with Gasteiger partial charge in [-0.3, -0.25) is 0 Å². The molecule has 0 bridgehead atoms. The molecule has 0 atom stereocenters. The Hall–Kier alpha value is -0.250. The van der Waals surface area contributed by atoms with Gasteiger partial charge in [-0.25, -0.2) is 8.42 Å². The van der Waals surface area contributed by atoms with Gasteiger partial charge in [0.15, 0.2) is 0 Å². The number of hydrogen-bond donors (Lipinski definition) is 0. The Bertz CT molecular complexity index is 438. The van der Waals surface area contributed by atoms with Gasteiger partial charge in [-0.1, -0.05) is 17.7 Å². The van der Waals surface area contributed by atoms with Gasteiger partial charge in [0.05, 0.1) is 5.02 Å². The van der Waals surface area contributed by atoms with Crippen LogP contribution in [0.2, 0.25) is 5.02 Å². The molecule has 2 nitrogen and oxygen atoms in total. The molecular weight excluding hydrogens is 231 g/mol. The van der Waals surface area contributed by atoms with E-state index >= 15 is 0 Å². The highest BCUT2D eigenvalue weighted by Crippen LogP contribution is 2.28. The third kappa shape index (κ3) is 2.36. The van der Waals surface area contributed by atoms with Crippen LogP contribution >= 0.6 is 22.3 Å². The molecule has 0 aliphatic heterocycles. The second kappa shape index (κ2) is 3.48. The minimum absolute atomic E-state index is 0.0201. The maximum absolute atomic E-state index is 11.0. The van der Waals surface area contributed by atoms with E-state index in [2.05, 4.69) is 0 Å². The zero-order valence-corrected chi connectivity index (χ0v) is 9.46. The summed E-state index contributed by atoms with van der Waals surface area (Å²) in [5, 5.41) is 0.195. The van der Waals surface area contributed by atoms with Crippen molar-refractivity contribution in [2.75, 3.05) is 0 Å². The maximum Gasteiger partial charge on any atom is 0.262 e. The summed E-state index contributed by atoms with van der Waals surface area (Å²) in [5.74, 6) is 0. The summed E-state index contributed by atoms with van der Waals surface area (Å²) >= 11 is 5.79. The minimum Gasteiger partial charge on any atom is -0.207 e. The molecule has 0 saturated carbocycles. The Labute approximate surface area is 86.9 Å². The van der Waals surface area contributed by atoms with Gasteiger partial charge in [0.25, 0.3) is 9.05 Å². The lowest BCUT2D eigenvalue weighted by Gasteiger charge is -2.04. The van der Waals surface area contributed by atoms with Crippen molar-refractivity contribution in [1.82, 2.24) is 0 Å². The van der Waals surface area contributed by atoms with Crippen LogP contribution in [0.15, 0.2) is 17.0 Å². The predicted molar refractivity (Wildman–Crippen MR) is 54.0 cm³/mol. The van der Waals surface area contributed by atoms with Gasteiger partial charge in [-0.05, 0) is 31.0 Å². The quantitative estimate of drug-likeness (QED) is 0.706. The Morgan fingerprint density at radius 2 is 1.77 bits per heavy atom. The molecule has 0 fully saturated rings. The molecule has 1 rings (SSSR count). The molecule has 0 radical (unpaired) electrons. The summed E-state index contributed by atoms with van der Waals surface area (Å²) in [5.41, 5.74) is 1.53. The fourth-order valence-corrected chi connectivity index (χ4v) is 2.69. The number of aryl methyl sites for hydroxylation is 2. The van der Waals surface area contributed by atoms with Crippen molar-refractivity contribution in [1.29, 1.82) is 0 Å². The molecule has 0 aliphatic carbocycles. The topological polar surface area (TPSA) is 34.1 Å². The van der Waals surface area contributed by atoms with Gasteiger partial charge in [0.2, 0.25) is 0 Å². The molecule has 1 aromatic carbocycles. The van der Waals surface area contributed by atoms with Gasteiger partial charge in [0, 0.05) is 10.7 Å². The highest BCUT2D eigenvalue weighted by Gasteiger charge is 2.16. The van der Waals surface area contributed by atoms with Gasteiger partial charge in [-0.2, -0.15) is 0 Å². The molecule has 0 spiro atoms. The van der Waals surface area contributed by atoms with E-state index in [0.29, 0.717) is 5.56 Å². The first-order valence-corrected chi connectivity index (χ1v) is 6.22. The van der Waals surface area contributed by atoms with Crippen LogP contribution in [-0.2, 0) is 9.05 Å². The fourth-order valence-electron chi connectivity index (χ4n) is 1.09. The largest absolute Gasteiger partial charge is 0.262 e. The summed E-state index contributed by atoms with van der Waals surface area (Å²) in [4.78, 5) is -0.0201. The zero-order valence-electron chi connectivity index (χ0n) is 7.14. The van der Waals surface area contributed by atoms with Crippen molar-refractivity contribution in [2.24, 2.45) is 0 Å². The predicted octanol–water partition coefficient (Wildman–Crippen LogP) is 2.88. The summed E-state index contributed by atoms with van der Waals surface area (Å²) in [6.07, 6.45) is 0. The van der Waals surface area contributed by atoms with Gasteiger partial charge < -0.3 is 0 Å². The second-order valence-corrected chi connectivity index (χ2v) is 5.74. The number of halogens is 2. The fraction of sp³-hybridized carbons (Fsp3) is 0.250. The van der Waals surface area contributed by atoms with E-state index in [0.717, 1.165) is 5.56 Å². The van der Waals surface area contributed by atoms with Crippen LogP contribution in [0.25, 0.3) is 0 Å². The van der Waals surface area contributed by atoms with Crippen LogP contribution in [0.5, 0.6) is 0 Å². The van der Waals surface area contributed by atoms with Crippen molar-refractivity contribution in [3.8, 4) is 0 Å². The first-order chi connectivity index (χ1) is 5.82. The SMILES string of the molecule is Cc1cc(C)c(Cl)c(S(=O)(=O)Cl)c1. The monoisotopic (exact) mass is 238 g/mol. The van der Waals surface area contributed by atoms with E-state index in [9.17, 15) is 8.42 Å². The highest BCUT2D eigenvalue weighted by atomic mass is 35.7. The summed E-state index contributed by atoms with van der Waals surface area (Å²) < 4.78 is 22.1. The Balaban J connectivity index is 3.56. The van der Waals surface area contributed by atoms with Crippen molar-refractivity contribution in [3.05, 3.63) is 28.3 Å². The molecule has 0 saturated heterocycles. The molecule has 0 unspecified atom stereocenters. The average molecular weight is 239 g/mol. The first kappa shape index (κ1) is 10.8. The molecule has 0 aliphatic rings. The number of benzene rings is 1. The standard InChI is InChI=1S/C8H8Cl2O2S/c1-5-3-6(2)8(9)7(4-5)13(10,11)12/h3-4H,1-2H3. The minimum atomic E-state index is -3.74. The Morgan fingerprint density at radius 1 is 1.23 bits per heavy atom. The molecule has 0 N–H and O–H groups in total. The van der Waals surface area contributed by atoms with E-state index in [1.807, 2.05) is 0 Å². The summed E-state index contributed by atoms with van der Waals surface area (Å²) in [7, 11) is 1.46. The van der Waals surface area contributed by atoms with Crippen LogP contribution in [0.4, 0.5) is 0 Å². The number of hydrogen-bond acceptors (Lipinski definition) is 2. The van der Waals surface area contributed by atoms with E-state index in [1.165, 1.54) is 6.07 Å². The van der Waals surface area contributed by atoms with Crippen LogP contribution < -0.4 is 0 Å². The summed E-state index contributed by atoms with van der Waals surface area (Å²) in [6, 6.07) is 3.26. The van der Waals surface area contributed by atoms with E-state index in [-0.39, 0.29) is 9.92 Å². The second-order valence-electron chi connectivity index (χ2n) is 2.83. The summed E-state index contributed by atoms with van der Waals surface area (Å²) in [6.45, 7) is 3.52. The molecule has 0 aromatic heterocycles. The van der Waals surface area contributed by atoms with Crippen LogP contribution in [0, 0.1) is 13.8 Å². The van der Waals surface area contributed by atoms with Crippen molar-refractivity contribution in [3.63, 3.8) is 0 Å². The first-order valence-electron chi connectivity index (χ1n) is 3.54. The van der Waals surface area contributed by atoms with Crippen LogP contribution in [-0.4, -0.2) is 8.42 Å². The molecule has 5 heteroatoms. The number of rotatable bonds is 1. The van der Waals surface area contributed by atoms with E-state index in [4.69, 9.17) is 22.3 Å². The average Bonchev–Trinajstić information content (AvgIpc) is 1.94. The molecule has 13 heavy (non-hydrogen) atoms. The van der Waals surface area contributed by atoms with Crippen LogP contribution in [0.3, 0.4) is 0 Å². The zero-order chi connectivity index (χ0) is 10.2. The lowest BCUT2D eigenvalue weighted by atomic mass is 10.2. The third-order valence-corrected chi connectivity index (χ3v) is 3.59. The van der Waals surface area contributed by atoms with E-state index in [1.54, 1.807) is 19.9 Å². The highest BCUT2D eigenvalue weighted by molar-refractivity contribution is 8.13. The molecule has 72 valence electrons. The lowest BCUT2D eigenvalue weighted by Crippen LogP contribution is -1.94. The molecular formula is C8H8Cl2O2S. The molecule has 0 heterocycles. The Kier molecular flexibility index (Phi) is 2.90. The van der Waals surface area contributed by atoms with Crippen LogP contribution in [0.1, 0.15) is 11.1 Å². The van der Waals surface area contributed by atoms with Gasteiger partial charge >= 0.3 is 0 Å². The molecule has 1 aromatic rings. The smallest absolute Gasteiger partial charge is 0.207 e. The Morgan fingerprint density at radius 3 is 2.23 bits per heavy atom. The lowest BCUT2D eigenvalue weighted by molar-refractivity contribution is 0.609. The van der Waals surface area contributed by atoms with Crippen molar-refractivity contribution < 1.29 is 8.42 Å². The maximum atomic E-state index is 11.0. The molecule has 0 amide bonds. The van der Waals surface area contributed by atoms with Crippen molar-refractivity contribution >= 4 is 31.3 Å². The van der Waals surface area contributed by atoms with Crippen molar-refractivity contribution in [2.45, 2.75) is 18.7 Å². The normalized spacial score (nSPS) is 11.7. The third-order valence-electron chi connectivity index (χ3n) is 1.63. The van der Waals surface area contributed by atoms with E-state index < -0.39 is 9.05 Å². The van der Waals surface area contributed by atoms with Gasteiger partial charge in [-0.15, -0.1) is 0 Å². The van der Waals surface area contributed by atoms with Gasteiger partial charge in [0.1, 0.15) is 4.90 Å².